The molecule has 0 bridgehead atoms. The Morgan fingerprint density at radius 1 is 1.32 bits per heavy atom. The zero-order valence-corrected chi connectivity index (χ0v) is 11.9. The van der Waals surface area contributed by atoms with E-state index in [4.69, 9.17) is 10.8 Å². The van der Waals surface area contributed by atoms with E-state index in [1.165, 1.54) is 17.8 Å². The predicted molar refractivity (Wildman–Crippen MR) is 76.5 cm³/mol. The van der Waals surface area contributed by atoms with E-state index in [0.717, 1.165) is 4.90 Å². The molecule has 3 N–H and O–H groups in total. The fraction of sp³-hybridized carbons (Fsp3) is 0.385. The number of anilines is 1. The number of nitrogens with two attached hydrogens (primary N) is 1. The minimum absolute atomic E-state index is 0.0656. The van der Waals surface area contributed by atoms with Crippen LogP contribution in [-0.2, 0) is 4.79 Å². The van der Waals surface area contributed by atoms with Crippen LogP contribution in [0.1, 0.15) is 24.2 Å². The van der Waals surface area contributed by atoms with Gasteiger partial charge in [0.25, 0.3) is 0 Å². The Balaban J connectivity index is 2.66. The van der Waals surface area contributed by atoms with Crippen molar-refractivity contribution >= 4 is 29.3 Å². The van der Waals surface area contributed by atoms with Gasteiger partial charge in [0, 0.05) is 23.7 Å². The highest BCUT2D eigenvalue weighted by Gasteiger charge is 2.12. The fourth-order valence-electron chi connectivity index (χ4n) is 1.64. The van der Waals surface area contributed by atoms with Crippen LogP contribution in [-0.4, -0.2) is 40.7 Å². The molecule has 1 aromatic carbocycles. The number of aromatic carboxylic acids is 1. The van der Waals surface area contributed by atoms with Gasteiger partial charge in [0.2, 0.25) is 5.91 Å². The summed E-state index contributed by atoms with van der Waals surface area (Å²) in [6.45, 7) is 5.25. The Morgan fingerprint density at radius 3 is 2.42 bits per heavy atom. The van der Waals surface area contributed by atoms with Crippen LogP contribution in [0.15, 0.2) is 23.1 Å². The third-order valence-corrected chi connectivity index (χ3v) is 3.71. The van der Waals surface area contributed by atoms with Crippen molar-refractivity contribution < 1.29 is 14.7 Å². The number of carboxylic acids is 1. The molecular formula is C13H18N2O3S. The molecule has 0 aliphatic carbocycles. The van der Waals surface area contributed by atoms with Crippen molar-refractivity contribution in [2.24, 2.45) is 0 Å². The number of carboxylic acid groups (broad SMARTS) is 1. The van der Waals surface area contributed by atoms with Gasteiger partial charge in [0.05, 0.1) is 11.3 Å². The maximum absolute atomic E-state index is 11.8. The topological polar surface area (TPSA) is 83.6 Å². The molecule has 1 rings (SSSR count). The molecule has 0 aromatic heterocycles. The van der Waals surface area contributed by atoms with Crippen molar-refractivity contribution in [1.29, 1.82) is 0 Å². The van der Waals surface area contributed by atoms with Gasteiger partial charge in [-0.1, -0.05) is 0 Å². The van der Waals surface area contributed by atoms with E-state index in [1.807, 2.05) is 13.8 Å². The average molecular weight is 282 g/mol. The number of nitrogen functional groups attached to an aromatic ring is 1. The molecule has 19 heavy (non-hydrogen) atoms. The lowest BCUT2D eigenvalue weighted by molar-refractivity contribution is -0.127. The molecule has 0 aliphatic heterocycles. The minimum Gasteiger partial charge on any atom is -0.478 e. The number of benzene rings is 1. The summed E-state index contributed by atoms with van der Waals surface area (Å²) >= 11 is 1.36. The van der Waals surface area contributed by atoms with Crippen molar-refractivity contribution in [1.82, 2.24) is 4.90 Å². The highest BCUT2D eigenvalue weighted by molar-refractivity contribution is 8.00. The lowest BCUT2D eigenvalue weighted by Gasteiger charge is -2.18. The van der Waals surface area contributed by atoms with Crippen molar-refractivity contribution in [2.45, 2.75) is 18.7 Å². The molecule has 0 radical (unpaired) electrons. The van der Waals surface area contributed by atoms with Crippen LogP contribution >= 0.6 is 11.8 Å². The third-order valence-electron chi connectivity index (χ3n) is 2.73. The second kappa shape index (κ2) is 7.04. The zero-order valence-electron chi connectivity index (χ0n) is 11.0. The van der Waals surface area contributed by atoms with Crippen molar-refractivity contribution in [3.8, 4) is 0 Å². The van der Waals surface area contributed by atoms with E-state index in [1.54, 1.807) is 17.0 Å². The molecule has 1 aromatic rings. The number of nitrogens with zero attached hydrogens (tertiary/aromatic N) is 1. The molecule has 0 atom stereocenters. The van der Waals surface area contributed by atoms with E-state index in [0.29, 0.717) is 18.8 Å². The molecule has 1 amide bonds. The molecule has 5 nitrogen and oxygen atoms in total. The second-order valence-corrected chi connectivity index (χ2v) is 4.96. The van der Waals surface area contributed by atoms with E-state index in [9.17, 15) is 9.59 Å². The van der Waals surface area contributed by atoms with Gasteiger partial charge in [-0.2, -0.15) is 0 Å². The fourth-order valence-corrected chi connectivity index (χ4v) is 2.49. The van der Waals surface area contributed by atoms with Crippen LogP contribution < -0.4 is 5.73 Å². The van der Waals surface area contributed by atoms with Gasteiger partial charge in [-0.05, 0) is 32.0 Å². The lowest BCUT2D eigenvalue weighted by Crippen LogP contribution is -2.31. The van der Waals surface area contributed by atoms with Gasteiger partial charge < -0.3 is 15.7 Å². The Morgan fingerprint density at radius 2 is 1.95 bits per heavy atom. The number of carbonyl (C=O) groups is 2. The summed E-state index contributed by atoms with van der Waals surface area (Å²) in [5.74, 6) is -0.655. The molecule has 0 aliphatic rings. The molecule has 0 saturated carbocycles. The Kier molecular flexibility index (Phi) is 5.69. The van der Waals surface area contributed by atoms with Gasteiger partial charge in [-0.15, -0.1) is 11.8 Å². The minimum atomic E-state index is -1.05. The largest absolute Gasteiger partial charge is 0.478 e. The van der Waals surface area contributed by atoms with Crippen LogP contribution in [0.2, 0.25) is 0 Å². The molecular weight excluding hydrogens is 264 g/mol. The molecule has 0 spiro atoms. The number of rotatable bonds is 6. The van der Waals surface area contributed by atoms with Crippen LogP contribution in [0.4, 0.5) is 5.69 Å². The number of hydrogen-bond acceptors (Lipinski definition) is 4. The third kappa shape index (κ3) is 4.17. The summed E-state index contributed by atoms with van der Waals surface area (Å²) in [6.07, 6.45) is 0. The predicted octanol–water partition coefficient (Wildman–Crippen LogP) is 1.93. The van der Waals surface area contributed by atoms with Gasteiger partial charge in [-0.3, -0.25) is 4.79 Å². The highest BCUT2D eigenvalue weighted by Crippen LogP contribution is 2.23. The van der Waals surface area contributed by atoms with Crippen molar-refractivity contribution in [3.63, 3.8) is 0 Å². The Bertz CT molecular complexity index is 473. The number of carbonyl (C=O) groups excluding carboxylic acids is 1. The summed E-state index contributed by atoms with van der Waals surface area (Å²) in [7, 11) is 0. The maximum Gasteiger partial charge on any atom is 0.337 e. The summed E-state index contributed by atoms with van der Waals surface area (Å²) in [6, 6.07) is 4.71. The SMILES string of the molecule is CCN(CC)C(=O)CSc1ccc(C(=O)O)c(N)c1. The number of thioether (sulfide) groups is 1. The highest BCUT2D eigenvalue weighted by atomic mass is 32.2. The number of hydrogen-bond donors (Lipinski definition) is 2. The van der Waals surface area contributed by atoms with Gasteiger partial charge in [0.15, 0.2) is 0 Å². The molecule has 0 fully saturated rings. The maximum atomic E-state index is 11.8. The molecule has 6 heteroatoms. The van der Waals surface area contributed by atoms with Crippen LogP contribution in [0.25, 0.3) is 0 Å². The van der Waals surface area contributed by atoms with Crippen LogP contribution in [0, 0.1) is 0 Å². The van der Waals surface area contributed by atoms with Crippen molar-refractivity contribution in [2.75, 3.05) is 24.6 Å². The van der Waals surface area contributed by atoms with Gasteiger partial charge in [0.1, 0.15) is 0 Å². The first kappa shape index (κ1) is 15.4. The molecule has 104 valence electrons. The lowest BCUT2D eigenvalue weighted by atomic mass is 10.2. The number of amides is 1. The summed E-state index contributed by atoms with van der Waals surface area (Å²) in [5, 5.41) is 8.86. The molecule has 0 saturated heterocycles. The molecule has 0 unspecified atom stereocenters. The summed E-state index contributed by atoms with van der Waals surface area (Å²) in [5.41, 5.74) is 5.95. The first-order valence-corrected chi connectivity index (χ1v) is 7.01. The monoisotopic (exact) mass is 282 g/mol. The van der Waals surface area contributed by atoms with Crippen LogP contribution in [0.5, 0.6) is 0 Å². The van der Waals surface area contributed by atoms with E-state index >= 15 is 0 Å². The standard InChI is InChI=1S/C13H18N2O3S/c1-3-15(4-2)12(16)8-19-9-5-6-10(13(17)18)11(14)7-9/h5-7H,3-4,8,14H2,1-2H3,(H,17,18). The summed E-state index contributed by atoms with van der Waals surface area (Å²) < 4.78 is 0. The normalized spacial score (nSPS) is 10.2. The first-order valence-electron chi connectivity index (χ1n) is 6.03. The smallest absolute Gasteiger partial charge is 0.337 e. The zero-order chi connectivity index (χ0) is 14.4. The molecule has 0 heterocycles. The van der Waals surface area contributed by atoms with E-state index < -0.39 is 5.97 Å². The van der Waals surface area contributed by atoms with Crippen molar-refractivity contribution in [3.05, 3.63) is 23.8 Å². The van der Waals surface area contributed by atoms with Crippen LogP contribution in [0.3, 0.4) is 0 Å². The van der Waals surface area contributed by atoms with Gasteiger partial charge >= 0.3 is 5.97 Å². The first-order chi connectivity index (χ1) is 8.99. The van der Waals surface area contributed by atoms with E-state index in [2.05, 4.69) is 0 Å². The Hall–Kier alpha value is -1.69. The average Bonchev–Trinajstić information content (AvgIpc) is 2.37. The van der Waals surface area contributed by atoms with Gasteiger partial charge in [-0.25, -0.2) is 4.79 Å². The van der Waals surface area contributed by atoms with E-state index in [-0.39, 0.29) is 17.2 Å². The summed E-state index contributed by atoms with van der Waals surface area (Å²) in [4.78, 5) is 25.2. The second-order valence-electron chi connectivity index (χ2n) is 3.91. The quantitative estimate of drug-likeness (QED) is 0.615. The Labute approximate surface area is 116 Å².